The predicted octanol–water partition coefficient (Wildman–Crippen LogP) is 1.91. The van der Waals surface area contributed by atoms with Crippen LogP contribution >= 0.6 is 0 Å². The second-order valence-corrected chi connectivity index (χ2v) is 6.88. The van der Waals surface area contributed by atoms with Crippen LogP contribution in [0.1, 0.15) is 49.0 Å². The van der Waals surface area contributed by atoms with Crippen LogP contribution in [0.3, 0.4) is 0 Å². The second-order valence-electron chi connectivity index (χ2n) is 6.88. The van der Waals surface area contributed by atoms with E-state index in [1.54, 1.807) is 34.2 Å². The summed E-state index contributed by atoms with van der Waals surface area (Å²) in [4.78, 5) is 44.9. The molecule has 0 bridgehead atoms. The number of carbonyl (C=O) groups is 3. The van der Waals surface area contributed by atoms with E-state index in [1.165, 1.54) is 0 Å². The van der Waals surface area contributed by atoms with E-state index in [-0.39, 0.29) is 30.1 Å². The van der Waals surface area contributed by atoms with Gasteiger partial charge in [0.2, 0.25) is 11.8 Å². The first-order chi connectivity index (χ1) is 12.1. The summed E-state index contributed by atoms with van der Waals surface area (Å²) in [5.41, 5.74) is 0.462. The number of Topliss-reactive ketones (excluding diaryl/α,β-unsaturated/α-hetero) is 1. The summed E-state index contributed by atoms with van der Waals surface area (Å²) >= 11 is 0. The fourth-order valence-corrected chi connectivity index (χ4v) is 3.60. The quantitative estimate of drug-likeness (QED) is 0.783. The van der Waals surface area contributed by atoms with Crippen molar-refractivity contribution in [3.05, 3.63) is 30.1 Å². The molecular formula is C19H25N3O3. The molecule has 25 heavy (non-hydrogen) atoms. The van der Waals surface area contributed by atoms with Crippen LogP contribution in [0.4, 0.5) is 0 Å². The fourth-order valence-electron chi connectivity index (χ4n) is 3.60. The van der Waals surface area contributed by atoms with Crippen molar-refractivity contribution in [2.24, 2.45) is 5.92 Å². The van der Waals surface area contributed by atoms with Crippen LogP contribution in [0, 0.1) is 5.92 Å². The minimum Gasteiger partial charge on any atom is -0.340 e. The Morgan fingerprint density at radius 3 is 2.80 bits per heavy atom. The number of likely N-dealkylation sites (tertiary alicyclic amines) is 2. The molecule has 2 aliphatic rings. The van der Waals surface area contributed by atoms with Crippen molar-refractivity contribution in [1.82, 2.24) is 14.8 Å². The van der Waals surface area contributed by atoms with Gasteiger partial charge in [-0.1, -0.05) is 12.5 Å². The van der Waals surface area contributed by atoms with E-state index >= 15 is 0 Å². The zero-order valence-corrected chi connectivity index (χ0v) is 14.5. The largest absolute Gasteiger partial charge is 0.340 e. The van der Waals surface area contributed by atoms with Gasteiger partial charge in [0.05, 0.1) is 6.54 Å². The number of hydrogen-bond donors (Lipinski definition) is 0. The normalized spacial score (nSPS) is 21.8. The third kappa shape index (κ3) is 4.44. The van der Waals surface area contributed by atoms with Crippen LogP contribution in [0.25, 0.3) is 0 Å². The molecule has 3 heterocycles. The number of hydrogen-bond acceptors (Lipinski definition) is 4. The Labute approximate surface area is 148 Å². The molecule has 1 aromatic heterocycles. The number of piperidine rings is 1. The highest BCUT2D eigenvalue weighted by Gasteiger charge is 2.30. The van der Waals surface area contributed by atoms with Crippen molar-refractivity contribution in [2.75, 3.05) is 26.2 Å². The van der Waals surface area contributed by atoms with Gasteiger partial charge < -0.3 is 9.80 Å². The van der Waals surface area contributed by atoms with Gasteiger partial charge in [0.15, 0.2) is 5.78 Å². The average Bonchev–Trinajstić information content (AvgIpc) is 2.86. The summed E-state index contributed by atoms with van der Waals surface area (Å²) in [6, 6.07) is 5.31. The first-order valence-electron chi connectivity index (χ1n) is 9.16. The third-order valence-corrected chi connectivity index (χ3v) is 5.06. The Kier molecular flexibility index (Phi) is 5.79. The lowest BCUT2D eigenvalue weighted by Crippen LogP contribution is -2.47. The van der Waals surface area contributed by atoms with Gasteiger partial charge in [0.25, 0.3) is 0 Å². The number of rotatable bonds is 4. The van der Waals surface area contributed by atoms with E-state index < -0.39 is 0 Å². The molecule has 2 saturated heterocycles. The van der Waals surface area contributed by atoms with Crippen LogP contribution < -0.4 is 0 Å². The van der Waals surface area contributed by atoms with Gasteiger partial charge >= 0.3 is 0 Å². The van der Waals surface area contributed by atoms with Crippen molar-refractivity contribution in [1.29, 1.82) is 0 Å². The van der Waals surface area contributed by atoms with Crippen molar-refractivity contribution >= 4 is 17.6 Å². The molecule has 0 spiro atoms. The van der Waals surface area contributed by atoms with E-state index in [1.807, 2.05) is 0 Å². The summed E-state index contributed by atoms with van der Waals surface area (Å²) in [5.74, 6) is -0.172. The van der Waals surface area contributed by atoms with Crippen molar-refractivity contribution in [2.45, 2.75) is 38.5 Å². The highest BCUT2D eigenvalue weighted by atomic mass is 16.2. The summed E-state index contributed by atoms with van der Waals surface area (Å²) in [5, 5.41) is 0. The Hall–Kier alpha value is -2.24. The minimum atomic E-state index is -0.201. The summed E-state index contributed by atoms with van der Waals surface area (Å²) in [6.07, 6.45) is 6.65. The summed E-state index contributed by atoms with van der Waals surface area (Å²) < 4.78 is 0. The standard InChI is InChI=1S/C19H25N3O3/c23-17-9-2-1-5-11-22(17)14-18(24)21-12-6-7-15(13-21)19(25)16-8-3-4-10-20-16/h3-4,8,10,15H,1-2,5-7,9,11-14H2/t15-/m1/s1. The molecule has 0 aliphatic carbocycles. The first kappa shape index (κ1) is 17.6. The van der Waals surface area contributed by atoms with E-state index in [4.69, 9.17) is 0 Å². The SMILES string of the molecule is O=C(c1ccccn1)[C@@H]1CCCN(C(=O)CN2CCCCCC2=O)C1. The van der Waals surface area contributed by atoms with E-state index in [0.29, 0.717) is 31.7 Å². The van der Waals surface area contributed by atoms with E-state index in [0.717, 1.165) is 32.1 Å². The lowest BCUT2D eigenvalue weighted by atomic mass is 9.92. The zero-order chi connectivity index (χ0) is 17.6. The van der Waals surface area contributed by atoms with Gasteiger partial charge in [-0.25, -0.2) is 0 Å². The Morgan fingerprint density at radius 2 is 2.00 bits per heavy atom. The van der Waals surface area contributed by atoms with Crippen LogP contribution in [0.2, 0.25) is 0 Å². The lowest BCUT2D eigenvalue weighted by molar-refractivity contribution is -0.141. The smallest absolute Gasteiger partial charge is 0.242 e. The highest BCUT2D eigenvalue weighted by molar-refractivity contribution is 5.96. The Morgan fingerprint density at radius 1 is 1.12 bits per heavy atom. The number of aromatic nitrogens is 1. The molecular weight excluding hydrogens is 318 g/mol. The topological polar surface area (TPSA) is 70.6 Å². The van der Waals surface area contributed by atoms with Gasteiger partial charge in [-0.05, 0) is 37.8 Å². The van der Waals surface area contributed by atoms with Crippen LogP contribution in [-0.4, -0.2) is 58.6 Å². The van der Waals surface area contributed by atoms with Crippen molar-refractivity contribution in [3.63, 3.8) is 0 Å². The molecule has 0 aromatic carbocycles. The molecule has 2 aliphatic heterocycles. The molecule has 0 unspecified atom stereocenters. The fraction of sp³-hybridized carbons (Fsp3) is 0.579. The lowest BCUT2D eigenvalue weighted by Gasteiger charge is -2.33. The molecule has 0 saturated carbocycles. The molecule has 3 rings (SSSR count). The van der Waals surface area contributed by atoms with Crippen LogP contribution in [-0.2, 0) is 9.59 Å². The monoisotopic (exact) mass is 343 g/mol. The maximum Gasteiger partial charge on any atom is 0.242 e. The van der Waals surface area contributed by atoms with Gasteiger partial charge in [-0.3, -0.25) is 19.4 Å². The maximum atomic E-state index is 12.6. The molecule has 6 nitrogen and oxygen atoms in total. The molecule has 0 radical (unpaired) electrons. The highest BCUT2D eigenvalue weighted by Crippen LogP contribution is 2.21. The van der Waals surface area contributed by atoms with E-state index in [2.05, 4.69) is 4.98 Å². The Balaban J connectivity index is 1.59. The molecule has 6 heteroatoms. The molecule has 0 N–H and O–H groups in total. The summed E-state index contributed by atoms with van der Waals surface area (Å²) in [7, 11) is 0. The molecule has 2 fully saturated rings. The third-order valence-electron chi connectivity index (χ3n) is 5.06. The van der Waals surface area contributed by atoms with Gasteiger partial charge in [0, 0.05) is 38.2 Å². The van der Waals surface area contributed by atoms with Gasteiger partial charge in [-0.2, -0.15) is 0 Å². The molecule has 1 atom stereocenters. The number of pyridine rings is 1. The molecule has 134 valence electrons. The first-order valence-corrected chi connectivity index (χ1v) is 9.16. The number of ketones is 1. The maximum absolute atomic E-state index is 12.6. The minimum absolute atomic E-state index is 0.00366. The van der Waals surface area contributed by atoms with Gasteiger partial charge in [-0.15, -0.1) is 0 Å². The molecule has 1 aromatic rings. The van der Waals surface area contributed by atoms with E-state index in [9.17, 15) is 14.4 Å². The van der Waals surface area contributed by atoms with Crippen molar-refractivity contribution in [3.8, 4) is 0 Å². The summed E-state index contributed by atoms with van der Waals surface area (Å²) in [6.45, 7) is 1.89. The van der Waals surface area contributed by atoms with Crippen LogP contribution in [0.5, 0.6) is 0 Å². The number of carbonyl (C=O) groups excluding carboxylic acids is 3. The zero-order valence-electron chi connectivity index (χ0n) is 14.5. The van der Waals surface area contributed by atoms with Crippen LogP contribution in [0.15, 0.2) is 24.4 Å². The molecule has 2 amide bonds. The van der Waals surface area contributed by atoms with Crippen molar-refractivity contribution < 1.29 is 14.4 Å². The average molecular weight is 343 g/mol. The second kappa shape index (κ2) is 8.23. The number of amides is 2. The Bertz CT molecular complexity index is 632. The number of nitrogens with zero attached hydrogens (tertiary/aromatic N) is 3. The van der Waals surface area contributed by atoms with Gasteiger partial charge in [0.1, 0.15) is 5.69 Å². The predicted molar refractivity (Wildman–Crippen MR) is 92.9 cm³/mol.